The molecule has 0 saturated heterocycles. The maximum absolute atomic E-state index is 12.1. The van der Waals surface area contributed by atoms with Crippen molar-refractivity contribution in [1.29, 1.82) is 0 Å². The van der Waals surface area contributed by atoms with E-state index in [4.69, 9.17) is 19.5 Å². The lowest BCUT2D eigenvalue weighted by atomic mass is 9.80. The van der Waals surface area contributed by atoms with Crippen molar-refractivity contribution >= 4 is 24.6 Å². The van der Waals surface area contributed by atoms with Crippen LogP contribution in [-0.2, 0) is 20.7 Å². The molecular weight excluding hydrogens is 325 g/mol. The predicted molar refractivity (Wildman–Crippen MR) is 94.3 cm³/mol. The van der Waals surface area contributed by atoms with Gasteiger partial charge >= 0.3 is 19.2 Å². The van der Waals surface area contributed by atoms with Gasteiger partial charge in [0.05, 0.1) is 13.0 Å². The Kier molecular flexibility index (Phi) is 7.45. The molecule has 7 nitrogen and oxygen atoms in total. The second-order valence-electron chi connectivity index (χ2n) is 6.90. The summed E-state index contributed by atoms with van der Waals surface area (Å²) >= 11 is 0. The van der Waals surface area contributed by atoms with E-state index in [1.54, 1.807) is 52.1 Å². The van der Waals surface area contributed by atoms with Crippen molar-refractivity contribution in [2.24, 2.45) is 5.92 Å². The van der Waals surface area contributed by atoms with Crippen LogP contribution in [0.4, 0.5) is 4.79 Å². The molecule has 138 valence electrons. The summed E-state index contributed by atoms with van der Waals surface area (Å²) in [5, 5.41) is 18.2. The molecule has 0 fully saturated rings. The smallest absolute Gasteiger partial charge is 0.469 e. The van der Waals surface area contributed by atoms with Crippen LogP contribution in [-0.4, -0.2) is 60.4 Å². The molecular formula is C17H26BNO6. The summed E-state index contributed by atoms with van der Waals surface area (Å²) < 4.78 is 10.1. The third-order valence-corrected chi connectivity index (χ3v) is 3.49. The maximum atomic E-state index is 12.1. The van der Waals surface area contributed by atoms with E-state index in [0.29, 0.717) is 11.9 Å². The van der Waals surface area contributed by atoms with Gasteiger partial charge in [-0.15, -0.1) is 0 Å². The van der Waals surface area contributed by atoms with Crippen LogP contribution in [0.3, 0.4) is 0 Å². The number of benzene rings is 1. The Morgan fingerprint density at radius 3 is 2.20 bits per heavy atom. The number of esters is 1. The fourth-order valence-corrected chi connectivity index (χ4v) is 2.24. The molecule has 8 heteroatoms. The van der Waals surface area contributed by atoms with Gasteiger partial charge in [0, 0.05) is 13.6 Å². The molecule has 0 aliphatic heterocycles. The molecule has 1 amide bonds. The summed E-state index contributed by atoms with van der Waals surface area (Å²) in [7, 11) is 1.33. The van der Waals surface area contributed by atoms with Gasteiger partial charge in [0.15, 0.2) is 0 Å². The Bertz CT molecular complexity index is 582. The number of nitrogens with zero attached hydrogens (tertiary/aromatic N) is 1. The molecule has 0 heterocycles. The van der Waals surface area contributed by atoms with Crippen molar-refractivity contribution in [2.45, 2.75) is 32.8 Å². The topological polar surface area (TPSA) is 96.3 Å². The van der Waals surface area contributed by atoms with Crippen LogP contribution in [0.25, 0.3) is 0 Å². The summed E-state index contributed by atoms with van der Waals surface area (Å²) in [6.45, 7) is 5.46. The number of carbonyl (C=O) groups is 2. The van der Waals surface area contributed by atoms with Crippen LogP contribution in [0.1, 0.15) is 26.3 Å². The van der Waals surface area contributed by atoms with Crippen molar-refractivity contribution in [3.05, 3.63) is 29.8 Å². The van der Waals surface area contributed by atoms with E-state index in [2.05, 4.69) is 0 Å². The van der Waals surface area contributed by atoms with Crippen LogP contribution in [0.15, 0.2) is 24.3 Å². The lowest BCUT2D eigenvalue weighted by molar-refractivity contribution is -0.145. The monoisotopic (exact) mass is 351 g/mol. The Labute approximate surface area is 148 Å². The molecule has 1 atom stereocenters. The Hall–Kier alpha value is -2.06. The van der Waals surface area contributed by atoms with E-state index in [1.165, 1.54) is 12.0 Å². The highest BCUT2D eigenvalue weighted by atomic mass is 16.6. The Balaban J connectivity index is 2.80. The summed E-state index contributed by atoms with van der Waals surface area (Å²) in [5.74, 6) is -0.992. The molecule has 1 unspecified atom stereocenters. The van der Waals surface area contributed by atoms with Gasteiger partial charge in [0.1, 0.15) is 5.60 Å². The van der Waals surface area contributed by atoms with Crippen LogP contribution < -0.4 is 5.46 Å². The van der Waals surface area contributed by atoms with Crippen molar-refractivity contribution in [1.82, 2.24) is 4.90 Å². The molecule has 0 spiro atoms. The molecule has 0 saturated carbocycles. The number of hydrogen-bond donors (Lipinski definition) is 2. The summed E-state index contributed by atoms with van der Waals surface area (Å²) in [6, 6.07) is 6.56. The number of amides is 1. The van der Waals surface area contributed by atoms with E-state index in [0.717, 1.165) is 5.56 Å². The minimum atomic E-state index is -1.54. The average molecular weight is 351 g/mol. The maximum Gasteiger partial charge on any atom is 0.488 e. The fraction of sp³-hybridized carbons (Fsp3) is 0.529. The van der Waals surface area contributed by atoms with Gasteiger partial charge < -0.3 is 24.4 Å². The first-order chi connectivity index (χ1) is 11.5. The summed E-state index contributed by atoms with van der Waals surface area (Å²) in [6.07, 6.45) is -0.165. The van der Waals surface area contributed by atoms with Gasteiger partial charge in [0.25, 0.3) is 0 Å². The second-order valence-corrected chi connectivity index (χ2v) is 6.90. The number of carbonyl (C=O) groups excluding carboxylic acids is 2. The van der Waals surface area contributed by atoms with Gasteiger partial charge in [-0.05, 0) is 38.2 Å². The molecule has 0 radical (unpaired) electrons. The number of methoxy groups -OCH3 is 1. The summed E-state index contributed by atoms with van der Waals surface area (Å²) in [4.78, 5) is 25.5. The van der Waals surface area contributed by atoms with Crippen LogP contribution >= 0.6 is 0 Å². The molecule has 0 bridgehead atoms. The Morgan fingerprint density at radius 1 is 1.20 bits per heavy atom. The van der Waals surface area contributed by atoms with Gasteiger partial charge in [0.2, 0.25) is 0 Å². The molecule has 0 aliphatic rings. The molecule has 2 N–H and O–H groups in total. The van der Waals surface area contributed by atoms with Gasteiger partial charge in [-0.1, -0.05) is 24.3 Å². The van der Waals surface area contributed by atoms with E-state index >= 15 is 0 Å². The fourth-order valence-electron chi connectivity index (χ4n) is 2.24. The Morgan fingerprint density at radius 2 is 1.76 bits per heavy atom. The zero-order chi connectivity index (χ0) is 19.2. The predicted octanol–water partition coefficient (Wildman–Crippen LogP) is 0.565. The average Bonchev–Trinajstić information content (AvgIpc) is 2.52. The van der Waals surface area contributed by atoms with Crippen molar-refractivity contribution in [3.8, 4) is 0 Å². The quantitative estimate of drug-likeness (QED) is 0.575. The van der Waals surface area contributed by atoms with E-state index in [9.17, 15) is 9.59 Å². The van der Waals surface area contributed by atoms with Crippen molar-refractivity contribution in [2.75, 3.05) is 20.7 Å². The first-order valence-corrected chi connectivity index (χ1v) is 8.00. The lowest BCUT2D eigenvalue weighted by Gasteiger charge is -2.27. The largest absolute Gasteiger partial charge is 0.488 e. The molecule has 25 heavy (non-hydrogen) atoms. The van der Waals surface area contributed by atoms with Crippen molar-refractivity contribution < 1.29 is 29.1 Å². The normalized spacial score (nSPS) is 12.3. The molecule has 1 rings (SSSR count). The lowest BCUT2D eigenvalue weighted by Crippen LogP contribution is -2.39. The van der Waals surface area contributed by atoms with E-state index in [-0.39, 0.29) is 6.54 Å². The zero-order valence-corrected chi connectivity index (χ0v) is 15.4. The highest BCUT2D eigenvalue weighted by Crippen LogP contribution is 2.14. The van der Waals surface area contributed by atoms with Crippen LogP contribution in [0.5, 0.6) is 0 Å². The van der Waals surface area contributed by atoms with Crippen LogP contribution in [0.2, 0.25) is 0 Å². The van der Waals surface area contributed by atoms with Gasteiger partial charge in [-0.25, -0.2) is 4.79 Å². The number of rotatable bonds is 6. The molecule has 1 aromatic carbocycles. The van der Waals surface area contributed by atoms with E-state index in [1.807, 2.05) is 0 Å². The second kappa shape index (κ2) is 8.87. The third-order valence-electron chi connectivity index (χ3n) is 3.49. The highest BCUT2D eigenvalue weighted by Gasteiger charge is 2.26. The van der Waals surface area contributed by atoms with Crippen molar-refractivity contribution in [3.63, 3.8) is 0 Å². The zero-order valence-electron chi connectivity index (χ0n) is 15.4. The van der Waals surface area contributed by atoms with Gasteiger partial charge in [-0.3, -0.25) is 4.79 Å². The third kappa shape index (κ3) is 7.15. The molecule has 0 aliphatic carbocycles. The van der Waals surface area contributed by atoms with Gasteiger partial charge in [-0.2, -0.15) is 0 Å². The SMILES string of the molecule is COC(=O)C(Cc1ccc(B(O)O)cc1)CN(C)C(=O)OC(C)(C)C. The first-order valence-electron chi connectivity index (χ1n) is 8.00. The first kappa shape index (κ1) is 21.0. The summed E-state index contributed by atoms with van der Waals surface area (Å²) in [5.41, 5.74) is 0.564. The van der Waals surface area contributed by atoms with Crippen LogP contribution in [0, 0.1) is 5.92 Å². The molecule has 1 aromatic rings. The number of hydrogen-bond acceptors (Lipinski definition) is 6. The van der Waals surface area contributed by atoms with E-state index < -0.39 is 30.7 Å². The number of ether oxygens (including phenoxy) is 2. The standard InChI is InChI=1S/C17H26BNO6/c1-17(2,3)25-16(21)19(4)11-13(15(20)24-5)10-12-6-8-14(9-7-12)18(22)23/h6-9,13,22-23H,10-11H2,1-5H3. The highest BCUT2D eigenvalue weighted by molar-refractivity contribution is 6.58. The molecule has 0 aromatic heterocycles. The minimum Gasteiger partial charge on any atom is -0.469 e. The minimum absolute atomic E-state index is 0.145.